The monoisotopic (exact) mass is 337 g/mol. The fourth-order valence-electron chi connectivity index (χ4n) is 2.64. The van der Waals surface area contributed by atoms with E-state index < -0.39 is 0 Å². The molecule has 1 saturated heterocycles. The third kappa shape index (κ3) is 4.14. The quantitative estimate of drug-likeness (QED) is 0.871. The third-order valence-corrected chi connectivity index (χ3v) is 4.83. The van der Waals surface area contributed by atoms with Crippen LogP contribution in [0.1, 0.15) is 48.4 Å². The maximum absolute atomic E-state index is 5.80. The largest absolute Gasteiger partial charge is 0.372 e. The summed E-state index contributed by atoms with van der Waals surface area (Å²) in [7, 11) is 0. The summed E-state index contributed by atoms with van der Waals surface area (Å²) in [5.41, 5.74) is 1.09. The lowest BCUT2D eigenvalue weighted by Crippen LogP contribution is -2.38. The van der Waals surface area contributed by atoms with Crippen molar-refractivity contribution in [2.45, 2.75) is 39.5 Å². The number of morpholine rings is 1. The van der Waals surface area contributed by atoms with Gasteiger partial charge in [-0.05, 0) is 20.8 Å². The van der Waals surface area contributed by atoms with Crippen LogP contribution >= 0.6 is 11.3 Å². The van der Waals surface area contributed by atoms with Crippen molar-refractivity contribution < 1.29 is 9.47 Å². The lowest BCUT2D eigenvalue weighted by atomic mass is 10.2. The first kappa shape index (κ1) is 16.5. The van der Waals surface area contributed by atoms with Crippen molar-refractivity contribution in [2.24, 2.45) is 0 Å². The second kappa shape index (κ2) is 7.48. The molecule has 1 N–H and O–H groups in total. The number of nitrogens with one attached hydrogen (secondary N) is 1. The normalized spacial score (nSPS) is 20.7. The van der Waals surface area contributed by atoms with E-state index in [-0.39, 0.29) is 12.2 Å². The molecule has 0 bridgehead atoms. The highest BCUT2D eigenvalue weighted by Gasteiger charge is 2.25. The molecule has 23 heavy (non-hydrogen) atoms. The van der Waals surface area contributed by atoms with Gasteiger partial charge in [-0.1, -0.05) is 0 Å². The van der Waals surface area contributed by atoms with Crippen LogP contribution < -0.4 is 0 Å². The minimum Gasteiger partial charge on any atom is -0.372 e. The van der Waals surface area contributed by atoms with E-state index in [1.807, 2.05) is 20.8 Å². The first-order valence-corrected chi connectivity index (χ1v) is 8.82. The molecule has 2 aromatic heterocycles. The van der Waals surface area contributed by atoms with Crippen LogP contribution in [0.3, 0.4) is 0 Å². The van der Waals surface area contributed by atoms with E-state index in [1.54, 1.807) is 11.3 Å². The van der Waals surface area contributed by atoms with Gasteiger partial charge >= 0.3 is 0 Å². The van der Waals surface area contributed by atoms with Gasteiger partial charge in [0.25, 0.3) is 0 Å². The first-order chi connectivity index (χ1) is 11.2. The van der Waals surface area contributed by atoms with Gasteiger partial charge in [-0.15, -0.1) is 11.3 Å². The zero-order valence-corrected chi connectivity index (χ0v) is 14.6. The van der Waals surface area contributed by atoms with Gasteiger partial charge in [-0.2, -0.15) is 5.10 Å². The molecular weight excluding hydrogens is 314 g/mol. The van der Waals surface area contributed by atoms with Crippen LogP contribution in [0.25, 0.3) is 0 Å². The van der Waals surface area contributed by atoms with Gasteiger partial charge < -0.3 is 9.47 Å². The van der Waals surface area contributed by atoms with E-state index in [0.29, 0.717) is 13.2 Å². The zero-order valence-electron chi connectivity index (χ0n) is 13.8. The van der Waals surface area contributed by atoms with E-state index >= 15 is 0 Å². The molecule has 126 valence electrons. The lowest BCUT2D eigenvalue weighted by molar-refractivity contribution is -0.0374. The van der Waals surface area contributed by atoms with Gasteiger partial charge in [0.15, 0.2) is 5.82 Å². The molecule has 2 aromatic rings. The lowest BCUT2D eigenvalue weighted by Gasteiger charge is -2.31. The van der Waals surface area contributed by atoms with E-state index in [1.165, 1.54) is 0 Å². The molecule has 3 rings (SSSR count). The van der Waals surface area contributed by atoms with Gasteiger partial charge in [0.2, 0.25) is 0 Å². The van der Waals surface area contributed by atoms with Crippen molar-refractivity contribution in [3.63, 3.8) is 0 Å². The highest BCUT2D eigenvalue weighted by atomic mass is 32.1. The average Bonchev–Trinajstić information content (AvgIpc) is 3.17. The Bertz CT molecular complexity index is 629. The summed E-state index contributed by atoms with van der Waals surface area (Å²) in [6.45, 7) is 9.83. The predicted molar refractivity (Wildman–Crippen MR) is 87.2 cm³/mol. The molecule has 2 atom stereocenters. The van der Waals surface area contributed by atoms with Crippen molar-refractivity contribution in [2.75, 3.05) is 26.3 Å². The summed E-state index contributed by atoms with van der Waals surface area (Å²) in [5, 5.41) is 10.2. The number of hydrogen-bond acceptors (Lipinski definition) is 7. The molecule has 0 saturated carbocycles. The van der Waals surface area contributed by atoms with Gasteiger partial charge in [-0.25, -0.2) is 9.97 Å². The number of nitrogens with zero attached hydrogens (tertiary/aromatic N) is 4. The van der Waals surface area contributed by atoms with Crippen molar-refractivity contribution in [3.05, 3.63) is 27.7 Å². The van der Waals surface area contributed by atoms with Crippen LogP contribution in [0.15, 0.2) is 5.38 Å². The fourth-order valence-corrected chi connectivity index (χ4v) is 3.45. The zero-order chi connectivity index (χ0) is 16.2. The Kier molecular flexibility index (Phi) is 5.37. The van der Waals surface area contributed by atoms with Gasteiger partial charge in [0.1, 0.15) is 23.0 Å². The maximum atomic E-state index is 5.80. The Morgan fingerprint density at radius 3 is 3.13 bits per heavy atom. The molecule has 0 aromatic carbocycles. The number of H-pyrrole nitrogens is 1. The molecule has 1 fully saturated rings. The molecule has 7 nitrogen and oxygen atoms in total. The Hall–Kier alpha value is -1.35. The molecule has 0 spiro atoms. The summed E-state index contributed by atoms with van der Waals surface area (Å²) in [5.74, 6) is 1.55. The third-order valence-electron chi connectivity index (χ3n) is 3.77. The summed E-state index contributed by atoms with van der Waals surface area (Å²) >= 11 is 1.66. The summed E-state index contributed by atoms with van der Waals surface area (Å²) in [6, 6.07) is 0. The van der Waals surface area contributed by atoms with Crippen molar-refractivity contribution in [1.29, 1.82) is 0 Å². The molecular formula is C15H23N5O2S. The van der Waals surface area contributed by atoms with E-state index in [4.69, 9.17) is 14.5 Å². The summed E-state index contributed by atoms with van der Waals surface area (Å²) in [4.78, 5) is 11.4. The minimum absolute atomic E-state index is 0.0624. The highest BCUT2D eigenvalue weighted by molar-refractivity contribution is 7.09. The molecule has 8 heteroatoms. The summed E-state index contributed by atoms with van der Waals surface area (Å²) in [6.07, 6.45) is -0.0124. The van der Waals surface area contributed by atoms with Crippen molar-refractivity contribution in [3.8, 4) is 0 Å². The van der Waals surface area contributed by atoms with Crippen LogP contribution in [0.4, 0.5) is 0 Å². The smallest absolute Gasteiger partial charge is 0.180 e. The standard InChI is InChI=1S/C15H23N5O2S/c1-4-21-10(2)15-17-12(9-23-15)7-20-5-6-22-13(8-20)14-16-11(3)18-19-14/h9-10,13H,4-8H2,1-3H3,(H,16,18,19)/t10-,13-/m1/s1. The number of aryl methyl sites for hydroxylation is 1. The van der Waals surface area contributed by atoms with Crippen LogP contribution in [0.5, 0.6) is 0 Å². The molecule has 0 amide bonds. The van der Waals surface area contributed by atoms with E-state index in [9.17, 15) is 0 Å². The number of rotatable bonds is 6. The number of aromatic nitrogens is 4. The van der Waals surface area contributed by atoms with Gasteiger partial charge in [0, 0.05) is 31.6 Å². The number of hydrogen-bond donors (Lipinski definition) is 1. The van der Waals surface area contributed by atoms with Crippen LogP contribution in [-0.4, -0.2) is 51.4 Å². The maximum Gasteiger partial charge on any atom is 0.180 e. The van der Waals surface area contributed by atoms with Gasteiger partial charge in [0.05, 0.1) is 12.3 Å². The number of ether oxygens (including phenoxy) is 2. The minimum atomic E-state index is -0.0749. The summed E-state index contributed by atoms with van der Waals surface area (Å²) < 4.78 is 11.4. The SMILES string of the molecule is CCO[C@H](C)c1nc(CN2CCO[C@@H](c3n[nH]c(C)n3)C2)cs1. The Morgan fingerprint density at radius 1 is 1.52 bits per heavy atom. The van der Waals surface area contributed by atoms with E-state index in [0.717, 1.165) is 42.0 Å². The van der Waals surface area contributed by atoms with Crippen LogP contribution in [0, 0.1) is 6.92 Å². The van der Waals surface area contributed by atoms with E-state index in [2.05, 4.69) is 25.5 Å². The number of aromatic amines is 1. The molecule has 1 aliphatic rings. The number of thiazole rings is 1. The Labute approximate surface area is 140 Å². The molecule has 0 aliphatic carbocycles. The van der Waals surface area contributed by atoms with Gasteiger partial charge in [-0.3, -0.25) is 10.00 Å². The van der Waals surface area contributed by atoms with Crippen molar-refractivity contribution >= 4 is 11.3 Å². The second-order valence-corrected chi connectivity index (χ2v) is 6.54. The first-order valence-electron chi connectivity index (χ1n) is 7.94. The molecule has 0 unspecified atom stereocenters. The Morgan fingerprint density at radius 2 is 2.39 bits per heavy atom. The van der Waals surface area contributed by atoms with Crippen molar-refractivity contribution in [1.82, 2.24) is 25.1 Å². The van der Waals surface area contributed by atoms with Crippen LogP contribution in [0.2, 0.25) is 0 Å². The second-order valence-electron chi connectivity index (χ2n) is 5.65. The Balaban J connectivity index is 1.59. The molecule has 3 heterocycles. The fraction of sp³-hybridized carbons (Fsp3) is 0.667. The van der Waals surface area contributed by atoms with Crippen LogP contribution in [-0.2, 0) is 16.0 Å². The topological polar surface area (TPSA) is 76.2 Å². The highest BCUT2D eigenvalue weighted by Crippen LogP contribution is 2.24. The molecule has 1 aliphatic heterocycles. The predicted octanol–water partition coefficient (Wildman–Crippen LogP) is 2.24. The molecule has 0 radical (unpaired) electrons. The average molecular weight is 337 g/mol.